The summed E-state index contributed by atoms with van der Waals surface area (Å²) in [5.41, 5.74) is 6.94. The molecule has 0 fully saturated rings. The molecule has 0 bridgehead atoms. The molecule has 0 saturated heterocycles. The molecule has 6 heteroatoms. The summed E-state index contributed by atoms with van der Waals surface area (Å²) in [6.45, 7) is 0.251. The van der Waals surface area contributed by atoms with Crippen molar-refractivity contribution < 1.29 is 9.18 Å². The van der Waals surface area contributed by atoms with Crippen LogP contribution >= 0.6 is 23.8 Å². The summed E-state index contributed by atoms with van der Waals surface area (Å²) in [7, 11) is 0. The van der Waals surface area contributed by atoms with Gasteiger partial charge >= 0.3 is 0 Å². The lowest BCUT2D eigenvalue weighted by Gasteiger charge is -2.08. The third-order valence-electron chi connectivity index (χ3n) is 2.88. The molecule has 0 aliphatic heterocycles. The van der Waals surface area contributed by atoms with Gasteiger partial charge in [0, 0.05) is 12.1 Å². The predicted octanol–water partition coefficient (Wildman–Crippen LogP) is 3.04. The van der Waals surface area contributed by atoms with E-state index in [2.05, 4.69) is 5.32 Å². The quantitative estimate of drug-likeness (QED) is 0.851. The highest BCUT2D eigenvalue weighted by Crippen LogP contribution is 2.18. The van der Waals surface area contributed by atoms with Crippen LogP contribution < -0.4 is 11.1 Å². The zero-order chi connectivity index (χ0) is 15.4. The van der Waals surface area contributed by atoms with Gasteiger partial charge in [0.05, 0.1) is 10.6 Å². The van der Waals surface area contributed by atoms with Gasteiger partial charge in [-0.2, -0.15) is 0 Å². The number of amides is 1. The molecule has 0 unspecified atom stereocenters. The fraction of sp³-hybridized carbons (Fsp3) is 0.0667. The van der Waals surface area contributed by atoms with Crippen molar-refractivity contribution in [1.29, 1.82) is 0 Å². The number of hydrogen-bond donors (Lipinski definition) is 2. The van der Waals surface area contributed by atoms with Gasteiger partial charge < -0.3 is 11.1 Å². The van der Waals surface area contributed by atoms with E-state index in [4.69, 9.17) is 29.6 Å². The maximum atomic E-state index is 13.6. The van der Waals surface area contributed by atoms with Crippen LogP contribution in [-0.2, 0) is 6.54 Å². The molecule has 2 rings (SSSR count). The standard InChI is InChI=1S/C15H12ClFN2OS/c16-11-2-1-3-12(17)13(11)15(20)19-8-9-4-6-10(7-5-9)14(18)21/h1-7H,8H2,(H2,18,21)(H,19,20). The summed E-state index contributed by atoms with van der Waals surface area (Å²) in [5, 5.41) is 2.70. The van der Waals surface area contributed by atoms with Crippen LogP contribution in [0, 0.1) is 5.82 Å². The summed E-state index contributed by atoms with van der Waals surface area (Å²) in [5.74, 6) is -1.21. The molecule has 3 N–H and O–H groups in total. The number of thiocarbonyl (C=S) groups is 1. The highest BCUT2D eigenvalue weighted by atomic mass is 35.5. The van der Waals surface area contributed by atoms with E-state index in [0.29, 0.717) is 4.99 Å². The van der Waals surface area contributed by atoms with Crippen LogP contribution in [0.4, 0.5) is 4.39 Å². The molecular formula is C15H12ClFN2OS. The average Bonchev–Trinajstić information content (AvgIpc) is 2.45. The number of hydrogen-bond acceptors (Lipinski definition) is 2. The lowest BCUT2D eigenvalue weighted by atomic mass is 10.1. The van der Waals surface area contributed by atoms with Gasteiger partial charge in [-0.25, -0.2) is 4.39 Å². The smallest absolute Gasteiger partial charge is 0.256 e. The third kappa shape index (κ3) is 3.77. The predicted molar refractivity (Wildman–Crippen MR) is 84.9 cm³/mol. The van der Waals surface area contributed by atoms with E-state index in [9.17, 15) is 9.18 Å². The fourth-order valence-electron chi connectivity index (χ4n) is 1.77. The van der Waals surface area contributed by atoms with E-state index >= 15 is 0 Å². The first-order valence-corrected chi connectivity index (χ1v) is 6.88. The zero-order valence-corrected chi connectivity index (χ0v) is 12.5. The van der Waals surface area contributed by atoms with Crippen LogP contribution in [-0.4, -0.2) is 10.9 Å². The lowest BCUT2D eigenvalue weighted by Crippen LogP contribution is -2.24. The Labute approximate surface area is 131 Å². The fourth-order valence-corrected chi connectivity index (χ4v) is 2.16. The second-order valence-electron chi connectivity index (χ2n) is 4.34. The number of rotatable bonds is 4. The minimum atomic E-state index is -0.649. The van der Waals surface area contributed by atoms with E-state index in [1.807, 2.05) is 0 Å². The van der Waals surface area contributed by atoms with E-state index in [1.54, 1.807) is 24.3 Å². The Kier molecular flexibility index (Phi) is 4.88. The zero-order valence-electron chi connectivity index (χ0n) is 10.9. The first-order chi connectivity index (χ1) is 9.99. The van der Waals surface area contributed by atoms with Crippen LogP contribution in [0.3, 0.4) is 0 Å². The monoisotopic (exact) mass is 322 g/mol. The van der Waals surface area contributed by atoms with Gasteiger partial charge in [-0.15, -0.1) is 0 Å². The van der Waals surface area contributed by atoms with Gasteiger partial charge in [0.25, 0.3) is 5.91 Å². The molecule has 0 heterocycles. The molecule has 0 spiro atoms. The molecule has 0 saturated carbocycles. The molecular weight excluding hydrogens is 311 g/mol. The van der Waals surface area contributed by atoms with Crippen LogP contribution in [0.15, 0.2) is 42.5 Å². The van der Waals surface area contributed by atoms with Crippen molar-refractivity contribution in [2.75, 3.05) is 0 Å². The van der Waals surface area contributed by atoms with Crippen molar-refractivity contribution in [3.63, 3.8) is 0 Å². The SMILES string of the molecule is NC(=S)c1ccc(CNC(=O)c2c(F)cccc2Cl)cc1. The normalized spacial score (nSPS) is 10.2. The number of carbonyl (C=O) groups excluding carboxylic acids is 1. The molecule has 2 aromatic carbocycles. The number of carbonyl (C=O) groups is 1. The van der Waals surface area contributed by atoms with Crippen LogP contribution in [0.5, 0.6) is 0 Å². The number of halogens is 2. The number of benzene rings is 2. The molecule has 0 atom stereocenters. The minimum absolute atomic E-state index is 0.0799. The first-order valence-electron chi connectivity index (χ1n) is 6.10. The molecule has 0 aliphatic rings. The van der Waals surface area contributed by atoms with Crippen LogP contribution in [0.2, 0.25) is 5.02 Å². The van der Waals surface area contributed by atoms with Gasteiger partial charge in [0.2, 0.25) is 0 Å². The Morgan fingerprint density at radius 2 is 1.90 bits per heavy atom. The highest BCUT2D eigenvalue weighted by Gasteiger charge is 2.15. The molecule has 2 aromatic rings. The molecule has 3 nitrogen and oxygen atoms in total. The highest BCUT2D eigenvalue weighted by molar-refractivity contribution is 7.80. The maximum absolute atomic E-state index is 13.6. The second-order valence-corrected chi connectivity index (χ2v) is 5.19. The van der Waals surface area contributed by atoms with Crippen molar-refractivity contribution in [1.82, 2.24) is 5.32 Å². The van der Waals surface area contributed by atoms with Crippen LogP contribution in [0.1, 0.15) is 21.5 Å². The molecule has 0 aromatic heterocycles. The Hall–Kier alpha value is -1.98. The summed E-state index contributed by atoms with van der Waals surface area (Å²) in [6, 6.07) is 11.2. The van der Waals surface area contributed by atoms with Crippen LogP contribution in [0.25, 0.3) is 0 Å². The summed E-state index contributed by atoms with van der Waals surface area (Å²) in [6.07, 6.45) is 0. The van der Waals surface area contributed by atoms with E-state index in [-0.39, 0.29) is 17.1 Å². The van der Waals surface area contributed by atoms with E-state index in [1.165, 1.54) is 18.2 Å². The third-order valence-corrected chi connectivity index (χ3v) is 3.43. The Morgan fingerprint density at radius 1 is 1.24 bits per heavy atom. The summed E-state index contributed by atoms with van der Waals surface area (Å²) < 4.78 is 13.6. The molecule has 1 amide bonds. The summed E-state index contributed by atoms with van der Waals surface area (Å²) >= 11 is 10.7. The van der Waals surface area contributed by atoms with E-state index in [0.717, 1.165) is 11.1 Å². The van der Waals surface area contributed by atoms with Gasteiger partial charge in [0.15, 0.2) is 0 Å². The second kappa shape index (κ2) is 6.65. The Morgan fingerprint density at radius 3 is 2.48 bits per heavy atom. The van der Waals surface area contributed by atoms with Crippen molar-refractivity contribution in [2.45, 2.75) is 6.54 Å². The van der Waals surface area contributed by atoms with Crippen molar-refractivity contribution in [2.24, 2.45) is 5.73 Å². The van der Waals surface area contributed by atoms with Gasteiger partial charge in [-0.3, -0.25) is 4.79 Å². The number of nitrogens with one attached hydrogen (secondary N) is 1. The van der Waals surface area contributed by atoms with Gasteiger partial charge in [-0.1, -0.05) is 54.2 Å². The largest absolute Gasteiger partial charge is 0.389 e. The molecule has 21 heavy (non-hydrogen) atoms. The Balaban J connectivity index is 2.06. The molecule has 0 aliphatic carbocycles. The summed E-state index contributed by atoms with van der Waals surface area (Å²) in [4.78, 5) is 12.3. The Bertz CT molecular complexity index is 668. The minimum Gasteiger partial charge on any atom is -0.389 e. The van der Waals surface area contributed by atoms with Crippen molar-refractivity contribution >= 4 is 34.7 Å². The van der Waals surface area contributed by atoms with Crippen molar-refractivity contribution in [3.05, 3.63) is 70.0 Å². The molecule has 108 valence electrons. The lowest BCUT2D eigenvalue weighted by molar-refractivity contribution is 0.0947. The molecule has 0 radical (unpaired) electrons. The van der Waals surface area contributed by atoms with Gasteiger partial charge in [-0.05, 0) is 17.7 Å². The number of nitrogens with two attached hydrogens (primary N) is 1. The van der Waals surface area contributed by atoms with E-state index < -0.39 is 11.7 Å². The maximum Gasteiger partial charge on any atom is 0.256 e. The average molecular weight is 323 g/mol. The topological polar surface area (TPSA) is 55.1 Å². The van der Waals surface area contributed by atoms with Gasteiger partial charge in [0.1, 0.15) is 10.8 Å². The van der Waals surface area contributed by atoms with Crippen molar-refractivity contribution in [3.8, 4) is 0 Å². The first kappa shape index (κ1) is 15.4.